The van der Waals surface area contributed by atoms with Crippen LogP contribution in [0.25, 0.3) is 0 Å². The summed E-state index contributed by atoms with van der Waals surface area (Å²) in [5, 5.41) is 20.6. The highest BCUT2D eigenvalue weighted by Gasteiger charge is 2.14. The Bertz CT molecular complexity index is 845. The number of unbranched alkanes of at least 4 members (excludes halogenated alkanes) is 1. The van der Waals surface area contributed by atoms with Gasteiger partial charge in [-0.15, -0.1) is 19.1 Å². The first-order valence-electron chi connectivity index (χ1n) is 10.5. The number of rotatable bonds is 12. The third-order valence-corrected chi connectivity index (χ3v) is 4.84. The van der Waals surface area contributed by atoms with Gasteiger partial charge in [0.25, 0.3) is 0 Å². The van der Waals surface area contributed by atoms with Gasteiger partial charge in [0.1, 0.15) is 18.5 Å². The van der Waals surface area contributed by atoms with Crippen molar-refractivity contribution < 1.29 is 14.9 Å². The van der Waals surface area contributed by atoms with Crippen LogP contribution in [0.5, 0.6) is 5.75 Å². The molecule has 2 atom stereocenters. The molecule has 0 radical (unpaired) electrons. The monoisotopic (exact) mass is 404 g/mol. The van der Waals surface area contributed by atoms with E-state index < -0.39 is 6.10 Å². The minimum atomic E-state index is -0.905. The van der Waals surface area contributed by atoms with Gasteiger partial charge in [0.2, 0.25) is 0 Å². The molecule has 30 heavy (non-hydrogen) atoms. The molecule has 2 unspecified atom stereocenters. The van der Waals surface area contributed by atoms with E-state index in [-0.39, 0.29) is 6.10 Å². The van der Waals surface area contributed by atoms with E-state index in [4.69, 9.17) is 4.74 Å². The average molecular weight is 405 g/mol. The molecule has 158 valence electrons. The molecular formula is C27H32O3. The van der Waals surface area contributed by atoms with Gasteiger partial charge in [-0.3, -0.25) is 0 Å². The number of hydrogen-bond donors (Lipinski definition) is 2. The van der Waals surface area contributed by atoms with Crippen molar-refractivity contribution >= 4 is 0 Å². The van der Waals surface area contributed by atoms with Crippen molar-refractivity contribution in [2.45, 2.75) is 57.3 Å². The van der Waals surface area contributed by atoms with Gasteiger partial charge >= 0.3 is 0 Å². The van der Waals surface area contributed by atoms with Crippen LogP contribution >= 0.6 is 0 Å². The number of aliphatic hydroxyl groups is 2. The minimum Gasteiger partial charge on any atom is -0.489 e. The molecule has 0 amide bonds. The van der Waals surface area contributed by atoms with Crippen LogP contribution in [-0.2, 0) is 13.0 Å². The van der Waals surface area contributed by atoms with Gasteiger partial charge in [-0.2, -0.15) is 0 Å². The summed E-state index contributed by atoms with van der Waals surface area (Å²) >= 11 is 0. The third-order valence-electron chi connectivity index (χ3n) is 4.84. The van der Waals surface area contributed by atoms with Gasteiger partial charge in [-0.25, -0.2) is 0 Å². The van der Waals surface area contributed by atoms with Crippen molar-refractivity contribution in [2.24, 2.45) is 0 Å². The first-order chi connectivity index (χ1) is 14.7. The molecule has 2 aromatic rings. The van der Waals surface area contributed by atoms with Crippen molar-refractivity contribution in [3.05, 3.63) is 90.5 Å². The van der Waals surface area contributed by atoms with Crippen LogP contribution in [0, 0.1) is 11.8 Å². The quantitative estimate of drug-likeness (QED) is 0.278. The van der Waals surface area contributed by atoms with Crippen LogP contribution in [0.1, 0.15) is 54.9 Å². The van der Waals surface area contributed by atoms with Gasteiger partial charge < -0.3 is 14.9 Å². The SMILES string of the molecule is C=CCCCC(O)CCC#CC(O)c1cccc(OCc2ccccc2)c1CC=C. The largest absolute Gasteiger partial charge is 0.489 e. The van der Waals surface area contributed by atoms with E-state index in [1.165, 1.54) is 0 Å². The second-order valence-electron chi connectivity index (χ2n) is 7.23. The molecule has 0 aromatic heterocycles. The number of ether oxygens (including phenoxy) is 1. The van der Waals surface area contributed by atoms with Crippen molar-refractivity contribution in [1.29, 1.82) is 0 Å². The number of hydrogen-bond acceptors (Lipinski definition) is 3. The molecule has 2 N–H and O–H groups in total. The Morgan fingerprint density at radius 1 is 0.967 bits per heavy atom. The molecule has 3 nitrogen and oxygen atoms in total. The maximum Gasteiger partial charge on any atom is 0.140 e. The summed E-state index contributed by atoms with van der Waals surface area (Å²) in [5.41, 5.74) is 2.72. The van der Waals surface area contributed by atoms with E-state index in [2.05, 4.69) is 25.0 Å². The summed E-state index contributed by atoms with van der Waals surface area (Å²) in [6, 6.07) is 15.6. The summed E-state index contributed by atoms with van der Waals surface area (Å²) in [6.07, 6.45) is 6.74. The van der Waals surface area contributed by atoms with Crippen LogP contribution in [0.4, 0.5) is 0 Å². The lowest BCUT2D eigenvalue weighted by Gasteiger charge is -2.16. The first kappa shape index (κ1) is 23.5. The molecule has 0 saturated carbocycles. The Balaban J connectivity index is 2.01. The van der Waals surface area contributed by atoms with E-state index >= 15 is 0 Å². The summed E-state index contributed by atoms with van der Waals surface area (Å²) in [4.78, 5) is 0. The maximum absolute atomic E-state index is 10.6. The topological polar surface area (TPSA) is 49.7 Å². The fraction of sp³-hybridized carbons (Fsp3) is 0.333. The Hall–Kier alpha value is -2.80. The highest BCUT2D eigenvalue weighted by atomic mass is 16.5. The number of allylic oxidation sites excluding steroid dienone is 2. The smallest absolute Gasteiger partial charge is 0.140 e. The van der Waals surface area contributed by atoms with E-state index in [1.807, 2.05) is 54.6 Å². The molecule has 0 heterocycles. The van der Waals surface area contributed by atoms with Crippen LogP contribution in [0.2, 0.25) is 0 Å². The van der Waals surface area contributed by atoms with Crippen molar-refractivity contribution in [1.82, 2.24) is 0 Å². The molecule has 0 fully saturated rings. The lowest BCUT2D eigenvalue weighted by molar-refractivity contribution is 0.154. The normalized spacial score (nSPS) is 12.3. The molecule has 3 heteroatoms. The molecule has 0 bridgehead atoms. The third kappa shape index (κ3) is 7.91. The molecular weight excluding hydrogens is 372 g/mol. The summed E-state index contributed by atoms with van der Waals surface area (Å²) in [7, 11) is 0. The van der Waals surface area contributed by atoms with Gasteiger partial charge in [-0.05, 0) is 49.3 Å². The minimum absolute atomic E-state index is 0.359. The van der Waals surface area contributed by atoms with E-state index in [9.17, 15) is 10.2 Å². The predicted octanol–water partition coefficient (Wildman–Crippen LogP) is 5.53. The molecule has 0 aliphatic rings. The zero-order chi connectivity index (χ0) is 21.6. The highest BCUT2D eigenvalue weighted by molar-refractivity contribution is 5.44. The molecule has 0 spiro atoms. The second kappa shape index (κ2) is 13.4. The molecule has 0 saturated heterocycles. The fourth-order valence-electron chi connectivity index (χ4n) is 3.20. The van der Waals surface area contributed by atoms with Crippen molar-refractivity contribution in [3.63, 3.8) is 0 Å². The zero-order valence-corrected chi connectivity index (χ0v) is 17.6. The molecule has 0 aliphatic carbocycles. The van der Waals surface area contributed by atoms with E-state index in [1.54, 1.807) is 6.08 Å². The summed E-state index contributed by atoms with van der Waals surface area (Å²) in [5.74, 6) is 6.65. The molecule has 2 rings (SSSR count). The Kier molecular flexibility index (Phi) is 10.5. The van der Waals surface area contributed by atoms with Gasteiger partial charge in [-0.1, -0.05) is 60.5 Å². The molecule has 2 aromatic carbocycles. The van der Waals surface area contributed by atoms with E-state index in [0.717, 1.165) is 41.7 Å². The second-order valence-corrected chi connectivity index (χ2v) is 7.23. The summed E-state index contributed by atoms with van der Waals surface area (Å²) in [6.45, 7) is 7.98. The lowest BCUT2D eigenvalue weighted by atomic mass is 9.98. The van der Waals surface area contributed by atoms with Crippen LogP contribution in [0.15, 0.2) is 73.8 Å². The Morgan fingerprint density at radius 3 is 2.50 bits per heavy atom. The first-order valence-corrected chi connectivity index (χ1v) is 10.5. The van der Waals surface area contributed by atoms with Crippen LogP contribution in [-0.4, -0.2) is 16.3 Å². The van der Waals surface area contributed by atoms with Crippen LogP contribution < -0.4 is 4.74 Å². The predicted molar refractivity (Wildman–Crippen MR) is 123 cm³/mol. The summed E-state index contributed by atoms with van der Waals surface area (Å²) < 4.78 is 6.02. The van der Waals surface area contributed by atoms with Gasteiger partial charge in [0, 0.05) is 12.0 Å². The van der Waals surface area contributed by atoms with Crippen molar-refractivity contribution in [2.75, 3.05) is 0 Å². The Morgan fingerprint density at radius 2 is 1.77 bits per heavy atom. The molecule has 0 aliphatic heterocycles. The van der Waals surface area contributed by atoms with Gasteiger partial charge in [0.05, 0.1) is 6.10 Å². The number of aliphatic hydroxyl groups excluding tert-OH is 2. The fourth-order valence-corrected chi connectivity index (χ4v) is 3.20. The van der Waals surface area contributed by atoms with E-state index in [0.29, 0.717) is 25.9 Å². The Labute approximate surface area is 180 Å². The van der Waals surface area contributed by atoms with Crippen molar-refractivity contribution in [3.8, 4) is 17.6 Å². The highest BCUT2D eigenvalue weighted by Crippen LogP contribution is 2.28. The van der Waals surface area contributed by atoms with Crippen LogP contribution in [0.3, 0.4) is 0 Å². The average Bonchev–Trinajstić information content (AvgIpc) is 2.77. The standard InChI is InChI=1S/C27H32O3/c1-3-5-7-16-23(28)17-10-11-19-26(29)24-18-12-20-27(25(24)13-4-2)30-21-22-14-8-6-9-15-22/h3-4,6,8-9,12,14-15,18,20,23,26,28-29H,1-2,5,7,10,13,16-17,21H2. The number of benzene rings is 2. The zero-order valence-electron chi connectivity index (χ0n) is 17.6. The maximum atomic E-state index is 10.6. The lowest BCUT2D eigenvalue weighted by Crippen LogP contribution is -2.06. The van der Waals surface area contributed by atoms with Gasteiger partial charge in [0.15, 0.2) is 0 Å².